The predicted octanol–water partition coefficient (Wildman–Crippen LogP) is -0.0813. The highest BCUT2D eigenvalue weighted by Crippen LogP contribution is 2.17. The van der Waals surface area contributed by atoms with Gasteiger partial charge < -0.3 is 0 Å². The van der Waals surface area contributed by atoms with Gasteiger partial charge in [0.1, 0.15) is 6.33 Å². The van der Waals surface area contributed by atoms with Crippen molar-refractivity contribution in [2.45, 2.75) is 4.34 Å². The fourth-order valence-corrected chi connectivity index (χ4v) is 2.90. The summed E-state index contributed by atoms with van der Waals surface area (Å²) in [5.74, 6) is 0.394. The van der Waals surface area contributed by atoms with Crippen LogP contribution in [0, 0.1) is 0 Å². The van der Waals surface area contributed by atoms with Crippen molar-refractivity contribution in [2.75, 3.05) is 11.5 Å². The Hall–Kier alpha value is -0.180. The fraction of sp³-hybridized carbons (Fsp3) is 0.500. The molecule has 2 N–H and O–H groups in total. The van der Waals surface area contributed by atoms with Crippen LogP contribution in [0.4, 0.5) is 0 Å². The fourth-order valence-electron chi connectivity index (χ4n) is 0.472. The van der Waals surface area contributed by atoms with Crippen molar-refractivity contribution in [3.8, 4) is 0 Å². The Kier molecular flexibility index (Phi) is 3.44. The molecule has 8 heteroatoms. The maximum Gasteiger partial charge on any atom is 0.209 e. The summed E-state index contributed by atoms with van der Waals surface area (Å²) in [7, 11) is -3.34. The zero-order valence-electron chi connectivity index (χ0n) is 6.00. The summed E-state index contributed by atoms with van der Waals surface area (Å²) in [6, 6.07) is 0. The van der Waals surface area contributed by atoms with E-state index in [2.05, 4.69) is 9.36 Å². The van der Waals surface area contributed by atoms with Gasteiger partial charge in [0.05, 0.1) is 5.75 Å². The van der Waals surface area contributed by atoms with Crippen molar-refractivity contribution in [1.82, 2.24) is 9.36 Å². The molecule has 68 valence electrons. The SMILES string of the molecule is NS(=O)(=O)CCSc1ncns1. The first-order chi connectivity index (χ1) is 5.58. The lowest BCUT2D eigenvalue weighted by molar-refractivity contribution is 0.599. The molecule has 12 heavy (non-hydrogen) atoms. The number of rotatable bonds is 4. The number of nitrogens with zero attached hydrogens (tertiary/aromatic N) is 2. The van der Waals surface area contributed by atoms with Crippen LogP contribution < -0.4 is 5.14 Å². The lowest BCUT2D eigenvalue weighted by Gasteiger charge is -1.94. The van der Waals surface area contributed by atoms with Gasteiger partial charge in [-0.3, -0.25) is 0 Å². The summed E-state index contributed by atoms with van der Waals surface area (Å²) in [4.78, 5) is 3.87. The summed E-state index contributed by atoms with van der Waals surface area (Å²) >= 11 is 2.58. The van der Waals surface area contributed by atoms with Crippen LogP contribution in [-0.4, -0.2) is 29.3 Å². The molecule has 0 bridgehead atoms. The molecule has 0 aliphatic carbocycles. The number of sulfonamides is 1. The number of aromatic nitrogens is 2. The van der Waals surface area contributed by atoms with E-state index in [-0.39, 0.29) is 5.75 Å². The Morgan fingerprint density at radius 1 is 1.67 bits per heavy atom. The first-order valence-corrected chi connectivity index (χ1v) is 6.45. The van der Waals surface area contributed by atoms with Gasteiger partial charge in [0.25, 0.3) is 0 Å². The Bertz CT molecular complexity index is 319. The summed E-state index contributed by atoms with van der Waals surface area (Å²) in [5.41, 5.74) is 0. The van der Waals surface area contributed by atoms with Gasteiger partial charge in [-0.2, -0.15) is 4.37 Å². The molecular weight excluding hydrogens is 218 g/mol. The molecule has 0 saturated carbocycles. The van der Waals surface area contributed by atoms with E-state index in [1.807, 2.05) is 0 Å². The molecule has 1 aromatic rings. The second-order valence-corrected chi connectivity index (χ2v) is 5.78. The van der Waals surface area contributed by atoms with Crippen molar-refractivity contribution in [1.29, 1.82) is 0 Å². The van der Waals surface area contributed by atoms with E-state index in [0.29, 0.717) is 5.75 Å². The van der Waals surface area contributed by atoms with Gasteiger partial charge in [-0.05, 0) is 11.5 Å². The number of primary sulfonamides is 1. The monoisotopic (exact) mass is 225 g/mol. The highest BCUT2D eigenvalue weighted by atomic mass is 32.2. The minimum Gasteiger partial charge on any atom is -0.229 e. The molecular formula is C4H7N3O2S3. The zero-order chi connectivity index (χ0) is 9.03. The molecule has 1 aromatic heterocycles. The summed E-state index contributed by atoms with van der Waals surface area (Å²) in [6.07, 6.45) is 1.43. The maximum absolute atomic E-state index is 10.5. The largest absolute Gasteiger partial charge is 0.229 e. The number of hydrogen-bond acceptors (Lipinski definition) is 6. The topological polar surface area (TPSA) is 85.9 Å². The van der Waals surface area contributed by atoms with E-state index in [1.54, 1.807) is 0 Å². The molecule has 0 amide bonds. The third kappa shape index (κ3) is 4.00. The summed E-state index contributed by atoms with van der Waals surface area (Å²) < 4.78 is 25.5. The molecule has 1 heterocycles. The Morgan fingerprint density at radius 3 is 2.92 bits per heavy atom. The molecule has 0 aromatic carbocycles. The minimum absolute atomic E-state index is 0.0305. The van der Waals surface area contributed by atoms with Crippen LogP contribution in [0.5, 0.6) is 0 Å². The van der Waals surface area contributed by atoms with Crippen LogP contribution >= 0.6 is 23.3 Å². The average Bonchev–Trinajstić information content (AvgIpc) is 2.36. The molecule has 0 unspecified atom stereocenters. The van der Waals surface area contributed by atoms with Crippen LogP contribution in [0.2, 0.25) is 0 Å². The lowest BCUT2D eigenvalue weighted by Crippen LogP contribution is -2.17. The standard InChI is InChI=1S/C4H7N3O2S3/c5-12(8,9)2-1-10-4-6-3-7-11-4/h3H,1-2H2,(H2,5,8,9). The molecule has 0 aliphatic rings. The zero-order valence-corrected chi connectivity index (χ0v) is 8.45. The lowest BCUT2D eigenvalue weighted by atomic mass is 11.0. The Morgan fingerprint density at radius 2 is 2.42 bits per heavy atom. The second-order valence-electron chi connectivity index (χ2n) is 1.92. The second kappa shape index (κ2) is 4.17. The Labute approximate surface area is 78.6 Å². The van der Waals surface area contributed by atoms with Crippen LogP contribution in [0.15, 0.2) is 10.7 Å². The van der Waals surface area contributed by atoms with Crippen LogP contribution in [0.1, 0.15) is 0 Å². The highest BCUT2D eigenvalue weighted by molar-refractivity contribution is 8.01. The molecule has 0 radical (unpaired) electrons. The van der Waals surface area contributed by atoms with Gasteiger partial charge in [0.2, 0.25) is 10.0 Å². The average molecular weight is 225 g/mol. The smallest absolute Gasteiger partial charge is 0.209 e. The van der Waals surface area contributed by atoms with Gasteiger partial charge in [-0.1, -0.05) is 11.8 Å². The van der Waals surface area contributed by atoms with Gasteiger partial charge in [-0.15, -0.1) is 0 Å². The molecule has 0 saturated heterocycles. The Balaban J connectivity index is 2.29. The van der Waals surface area contributed by atoms with Gasteiger partial charge in [0, 0.05) is 5.75 Å². The number of hydrogen-bond donors (Lipinski definition) is 1. The maximum atomic E-state index is 10.5. The normalized spacial score (nSPS) is 11.8. The highest BCUT2D eigenvalue weighted by Gasteiger charge is 2.03. The molecule has 0 atom stereocenters. The quantitative estimate of drug-likeness (QED) is 0.724. The summed E-state index contributed by atoms with van der Waals surface area (Å²) in [6.45, 7) is 0. The van der Waals surface area contributed by atoms with Crippen LogP contribution in [0.3, 0.4) is 0 Å². The molecule has 5 nitrogen and oxygen atoms in total. The minimum atomic E-state index is -3.34. The van der Waals surface area contributed by atoms with E-state index < -0.39 is 10.0 Å². The number of nitrogens with two attached hydrogens (primary N) is 1. The van der Waals surface area contributed by atoms with E-state index in [4.69, 9.17) is 5.14 Å². The van der Waals surface area contributed by atoms with Gasteiger partial charge >= 0.3 is 0 Å². The predicted molar refractivity (Wildman–Crippen MR) is 48.6 cm³/mol. The van der Waals surface area contributed by atoms with E-state index in [1.165, 1.54) is 29.6 Å². The molecule has 1 rings (SSSR count). The van der Waals surface area contributed by atoms with E-state index in [0.717, 1.165) is 4.34 Å². The van der Waals surface area contributed by atoms with Crippen LogP contribution in [-0.2, 0) is 10.0 Å². The molecule has 0 fully saturated rings. The third-order valence-corrected chi connectivity index (χ3v) is 3.77. The van der Waals surface area contributed by atoms with Crippen molar-refractivity contribution in [3.05, 3.63) is 6.33 Å². The van der Waals surface area contributed by atoms with Gasteiger partial charge in [0.15, 0.2) is 4.34 Å². The van der Waals surface area contributed by atoms with E-state index >= 15 is 0 Å². The summed E-state index contributed by atoms with van der Waals surface area (Å²) in [5, 5.41) is 4.80. The van der Waals surface area contributed by atoms with Crippen LogP contribution in [0.25, 0.3) is 0 Å². The number of thioether (sulfide) groups is 1. The van der Waals surface area contributed by atoms with Crippen molar-refractivity contribution >= 4 is 33.3 Å². The van der Waals surface area contributed by atoms with Crippen molar-refractivity contribution < 1.29 is 8.42 Å². The van der Waals surface area contributed by atoms with Gasteiger partial charge in [-0.25, -0.2) is 18.5 Å². The first kappa shape index (κ1) is 9.90. The van der Waals surface area contributed by atoms with E-state index in [9.17, 15) is 8.42 Å². The van der Waals surface area contributed by atoms with Crippen molar-refractivity contribution in [2.24, 2.45) is 5.14 Å². The molecule has 0 spiro atoms. The van der Waals surface area contributed by atoms with Crippen molar-refractivity contribution in [3.63, 3.8) is 0 Å². The first-order valence-electron chi connectivity index (χ1n) is 2.98. The molecule has 0 aliphatic heterocycles. The third-order valence-electron chi connectivity index (χ3n) is 0.934.